The fourth-order valence-corrected chi connectivity index (χ4v) is 4.55. The van der Waals surface area contributed by atoms with Crippen molar-refractivity contribution < 1.29 is 19.4 Å². The molecule has 1 atom stereocenters. The average molecular weight is 417 g/mol. The van der Waals surface area contributed by atoms with Crippen LogP contribution < -0.4 is 20.4 Å². The number of piperazine rings is 1. The van der Waals surface area contributed by atoms with E-state index >= 15 is 0 Å². The van der Waals surface area contributed by atoms with Gasteiger partial charge in [0.15, 0.2) is 13.1 Å². The lowest BCUT2D eigenvalue weighted by Gasteiger charge is -2.29. The largest absolute Gasteiger partial charge is 0.344 e. The first-order chi connectivity index (χ1) is 14.0. The van der Waals surface area contributed by atoms with Crippen LogP contribution in [0, 0.1) is 0 Å². The molecule has 1 aromatic heterocycles. The summed E-state index contributed by atoms with van der Waals surface area (Å²) in [6, 6.07) is 12.1. The molecule has 0 spiro atoms. The van der Waals surface area contributed by atoms with Crippen molar-refractivity contribution in [2.75, 3.05) is 44.6 Å². The molecule has 3 rings (SSSR count). The Morgan fingerprint density at radius 3 is 2.28 bits per heavy atom. The maximum atomic E-state index is 12.4. The minimum Gasteiger partial charge on any atom is -0.344 e. The average Bonchev–Trinajstić information content (AvgIpc) is 3.25. The van der Waals surface area contributed by atoms with E-state index in [2.05, 4.69) is 29.7 Å². The standard InChI is InChI=1S/C22H30N4O2S/c1-3-18-7-4-5-8-19(18)24-22(28)16-26-12-10-25(11-13-26)15-21(27)23-17(2)20-9-6-14-29-20/h4-9,14,17H,3,10-13,15-16H2,1-2H3,(H,23,27)(H,24,28)/p+2/t17-/m1/s1. The van der Waals surface area contributed by atoms with Gasteiger partial charge in [0, 0.05) is 10.6 Å². The number of para-hydroxylation sites is 1. The quantitative estimate of drug-likeness (QED) is 0.486. The lowest BCUT2D eigenvalue weighted by atomic mass is 10.1. The van der Waals surface area contributed by atoms with Gasteiger partial charge in [-0.2, -0.15) is 0 Å². The second kappa shape index (κ2) is 10.5. The Bertz CT molecular complexity index is 801. The van der Waals surface area contributed by atoms with Crippen molar-refractivity contribution in [2.45, 2.75) is 26.3 Å². The highest BCUT2D eigenvalue weighted by molar-refractivity contribution is 7.10. The van der Waals surface area contributed by atoms with Crippen LogP contribution in [0.4, 0.5) is 5.69 Å². The minimum absolute atomic E-state index is 0.0588. The Hall–Kier alpha value is -2.22. The molecule has 2 amide bonds. The Kier molecular flexibility index (Phi) is 7.80. The number of quaternary nitrogens is 2. The predicted octanol–water partition coefficient (Wildman–Crippen LogP) is -0.0902. The van der Waals surface area contributed by atoms with E-state index in [1.807, 2.05) is 36.6 Å². The van der Waals surface area contributed by atoms with Crippen LogP contribution in [0.1, 0.15) is 30.3 Å². The van der Waals surface area contributed by atoms with E-state index in [4.69, 9.17) is 0 Å². The Balaban J connectivity index is 1.38. The molecule has 0 saturated carbocycles. The zero-order valence-electron chi connectivity index (χ0n) is 17.3. The molecule has 0 bridgehead atoms. The third-order valence-corrected chi connectivity index (χ3v) is 6.56. The fourth-order valence-electron chi connectivity index (χ4n) is 3.81. The third kappa shape index (κ3) is 6.39. The summed E-state index contributed by atoms with van der Waals surface area (Å²) >= 11 is 1.66. The zero-order chi connectivity index (χ0) is 20.6. The number of thiophene rings is 1. The number of hydrogen-bond donors (Lipinski definition) is 4. The second-order valence-corrected chi connectivity index (χ2v) is 8.70. The smallest absolute Gasteiger partial charge is 0.279 e. The molecule has 1 aromatic carbocycles. The molecule has 7 heteroatoms. The van der Waals surface area contributed by atoms with Crippen molar-refractivity contribution in [3.8, 4) is 0 Å². The molecular weight excluding hydrogens is 384 g/mol. The van der Waals surface area contributed by atoms with E-state index in [9.17, 15) is 9.59 Å². The van der Waals surface area contributed by atoms with E-state index in [0.29, 0.717) is 13.1 Å². The van der Waals surface area contributed by atoms with Crippen LogP contribution in [0.15, 0.2) is 41.8 Å². The molecule has 29 heavy (non-hydrogen) atoms. The number of benzene rings is 1. The van der Waals surface area contributed by atoms with Gasteiger partial charge in [-0.1, -0.05) is 31.2 Å². The van der Waals surface area contributed by atoms with Crippen LogP contribution in [-0.2, 0) is 16.0 Å². The predicted molar refractivity (Wildman–Crippen MR) is 116 cm³/mol. The number of anilines is 1. The molecule has 1 saturated heterocycles. The van der Waals surface area contributed by atoms with Crippen molar-refractivity contribution in [1.29, 1.82) is 0 Å². The van der Waals surface area contributed by atoms with Crippen LogP contribution >= 0.6 is 11.3 Å². The maximum Gasteiger partial charge on any atom is 0.279 e. The fraction of sp³-hybridized carbons (Fsp3) is 0.455. The molecular formula is C22H32N4O2S+2. The van der Waals surface area contributed by atoms with Gasteiger partial charge >= 0.3 is 0 Å². The summed E-state index contributed by atoms with van der Waals surface area (Å²) in [6.45, 7) is 8.74. The summed E-state index contributed by atoms with van der Waals surface area (Å²) < 4.78 is 0. The molecule has 6 nitrogen and oxygen atoms in total. The number of carbonyl (C=O) groups excluding carboxylic acids is 2. The lowest BCUT2D eigenvalue weighted by Crippen LogP contribution is -3.28. The Labute approximate surface area is 176 Å². The van der Waals surface area contributed by atoms with Crippen molar-refractivity contribution >= 4 is 28.8 Å². The number of nitrogens with one attached hydrogen (secondary N) is 4. The number of amides is 2. The number of aryl methyl sites for hydroxylation is 1. The van der Waals surface area contributed by atoms with Crippen molar-refractivity contribution in [2.24, 2.45) is 0 Å². The van der Waals surface area contributed by atoms with Crippen LogP contribution in [0.3, 0.4) is 0 Å². The molecule has 1 fully saturated rings. The first-order valence-corrected chi connectivity index (χ1v) is 11.3. The van der Waals surface area contributed by atoms with E-state index < -0.39 is 0 Å². The lowest BCUT2D eigenvalue weighted by molar-refractivity contribution is -1.00. The van der Waals surface area contributed by atoms with Gasteiger partial charge in [-0.05, 0) is 36.4 Å². The van der Waals surface area contributed by atoms with E-state index in [1.54, 1.807) is 11.3 Å². The summed E-state index contributed by atoms with van der Waals surface area (Å²) in [4.78, 5) is 28.5. The molecule has 0 aliphatic carbocycles. The topological polar surface area (TPSA) is 67.1 Å². The number of rotatable bonds is 8. The minimum atomic E-state index is 0.0588. The van der Waals surface area contributed by atoms with Gasteiger partial charge in [-0.3, -0.25) is 9.59 Å². The van der Waals surface area contributed by atoms with Crippen LogP contribution in [-0.4, -0.2) is 51.1 Å². The Morgan fingerprint density at radius 1 is 1.00 bits per heavy atom. The van der Waals surface area contributed by atoms with Gasteiger partial charge in [0.1, 0.15) is 26.2 Å². The van der Waals surface area contributed by atoms with Gasteiger partial charge in [-0.15, -0.1) is 11.3 Å². The highest BCUT2D eigenvalue weighted by Crippen LogP contribution is 2.17. The summed E-state index contributed by atoms with van der Waals surface area (Å²) in [5.41, 5.74) is 2.08. The first-order valence-electron chi connectivity index (χ1n) is 10.4. The molecule has 156 valence electrons. The first kappa shape index (κ1) is 21.5. The van der Waals surface area contributed by atoms with Gasteiger partial charge in [0.25, 0.3) is 11.8 Å². The number of hydrogen-bond acceptors (Lipinski definition) is 3. The highest BCUT2D eigenvalue weighted by Gasteiger charge is 2.27. The van der Waals surface area contributed by atoms with Crippen molar-refractivity contribution in [1.82, 2.24) is 5.32 Å². The molecule has 2 heterocycles. The summed E-state index contributed by atoms with van der Waals surface area (Å²) in [5, 5.41) is 8.18. The Morgan fingerprint density at radius 2 is 1.66 bits per heavy atom. The summed E-state index contributed by atoms with van der Waals surface area (Å²) in [6.07, 6.45) is 0.901. The van der Waals surface area contributed by atoms with Crippen LogP contribution in [0.5, 0.6) is 0 Å². The molecule has 0 radical (unpaired) electrons. The SMILES string of the molecule is CCc1ccccc1NC(=O)C[NH+]1CC[NH+](CC(=O)N[C@H](C)c2cccs2)CC1. The molecule has 1 aliphatic rings. The van der Waals surface area contributed by atoms with E-state index in [0.717, 1.165) is 43.9 Å². The van der Waals surface area contributed by atoms with Crippen LogP contribution in [0.25, 0.3) is 0 Å². The summed E-state index contributed by atoms with van der Waals surface area (Å²) in [7, 11) is 0. The van der Waals surface area contributed by atoms with E-state index in [1.165, 1.54) is 14.7 Å². The number of carbonyl (C=O) groups is 2. The zero-order valence-corrected chi connectivity index (χ0v) is 18.1. The monoisotopic (exact) mass is 416 g/mol. The van der Waals surface area contributed by atoms with Crippen molar-refractivity contribution in [3.63, 3.8) is 0 Å². The normalized spacial score (nSPS) is 20.1. The van der Waals surface area contributed by atoms with Crippen LogP contribution in [0.2, 0.25) is 0 Å². The van der Waals surface area contributed by atoms with Crippen molar-refractivity contribution in [3.05, 3.63) is 52.2 Å². The second-order valence-electron chi connectivity index (χ2n) is 7.72. The third-order valence-electron chi connectivity index (χ3n) is 5.51. The van der Waals surface area contributed by atoms with Gasteiger partial charge in [-0.25, -0.2) is 0 Å². The van der Waals surface area contributed by atoms with Gasteiger partial charge < -0.3 is 20.4 Å². The molecule has 1 aliphatic heterocycles. The summed E-state index contributed by atoms with van der Waals surface area (Å²) in [5.74, 6) is 0.158. The van der Waals surface area contributed by atoms with Gasteiger partial charge in [0.05, 0.1) is 6.04 Å². The van der Waals surface area contributed by atoms with E-state index in [-0.39, 0.29) is 17.9 Å². The molecule has 4 N–H and O–H groups in total. The molecule has 2 aromatic rings. The highest BCUT2D eigenvalue weighted by atomic mass is 32.1. The maximum absolute atomic E-state index is 12.4. The molecule has 0 unspecified atom stereocenters. The van der Waals surface area contributed by atoms with Gasteiger partial charge in [0.2, 0.25) is 0 Å².